The van der Waals surface area contributed by atoms with Crippen molar-refractivity contribution < 1.29 is 9.90 Å². The van der Waals surface area contributed by atoms with E-state index in [2.05, 4.69) is 27.9 Å². The molecule has 1 aromatic rings. The topological polar surface area (TPSA) is 49.3 Å². The number of hydrogen-bond donors (Lipinski definition) is 2. The largest absolute Gasteiger partial charge is 0.508 e. The van der Waals surface area contributed by atoms with E-state index < -0.39 is 0 Å². The fraction of sp³-hybridized carbons (Fsp3) is 0.462. The van der Waals surface area contributed by atoms with Gasteiger partial charge in [-0.25, -0.2) is 0 Å². The van der Waals surface area contributed by atoms with Gasteiger partial charge in [0.05, 0.1) is 10.6 Å². The van der Waals surface area contributed by atoms with Gasteiger partial charge in [-0.1, -0.05) is 47.0 Å². The number of hydrogen-bond acceptors (Lipinski definition) is 2. The molecule has 0 aliphatic heterocycles. The molecule has 5 heteroatoms. The normalized spacial score (nSPS) is 10.3. The first kappa shape index (κ1) is 15.6. The number of amides is 1. The van der Waals surface area contributed by atoms with Crippen LogP contribution in [0.15, 0.2) is 18.2 Å². The lowest BCUT2D eigenvalue weighted by atomic mass is 10.2. The molecule has 3 nitrogen and oxygen atoms in total. The Hall–Kier alpha value is -0.490. The molecule has 18 heavy (non-hydrogen) atoms. The number of alkyl halides is 1. The predicted octanol–water partition coefficient (Wildman–Crippen LogP) is 3.77. The molecule has 0 unspecified atom stereocenters. The number of rotatable bonds is 7. The number of benzene rings is 1. The number of nitrogens with one attached hydrogen (secondary N) is 1. The highest BCUT2D eigenvalue weighted by atomic mass is 127. The first-order valence-corrected chi connectivity index (χ1v) is 7.88. The molecular weight excluding hydrogens is 365 g/mol. The summed E-state index contributed by atoms with van der Waals surface area (Å²) in [5.41, 5.74) is 0.323. The Morgan fingerprint density at radius 2 is 2.00 bits per heavy atom. The Morgan fingerprint density at radius 1 is 1.28 bits per heavy atom. The van der Waals surface area contributed by atoms with Crippen molar-refractivity contribution >= 4 is 40.1 Å². The van der Waals surface area contributed by atoms with E-state index in [4.69, 9.17) is 11.6 Å². The van der Waals surface area contributed by atoms with Crippen LogP contribution >= 0.6 is 34.2 Å². The van der Waals surface area contributed by atoms with Gasteiger partial charge in [-0.05, 0) is 35.5 Å². The molecule has 1 rings (SSSR count). The van der Waals surface area contributed by atoms with Gasteiger partial charge in [-0.15, -0.1) is 0 Å². The molecular formula is C13H17ClINO2. The van der Waals surface area contributed by atoms with Gasteiger partial charge in [0.15, 0.2) is 0 Å². The van der Waals surface area contributed by atoms with Gasteiger partial charge in [0.1, 0.15) is 5.75 Å². The van der Waals surface area contributed by atoms with E-state index in [-0.39, 0.29) is 11.7 Å². The molecule has 1 amide bonds. The Balaban J connectivity index is 2.34. The van der Waals surface area contributed by atoms with Crippen LogP contribution in [0.1, 0.15) is 36.0 Å². The monoisotopic (exact) mass is 381 g/mol. The van der Waals surface area contributed by atoms with Crippen molar-refractivity contribution in [3.05, 3.63) is 28.8 Å². The lowest BCUT2D eigenvalue weighted by molar-refractivity contribution is 0.0952. The van der Waals surface area contributed by atoms with Crippen LogP contribution in [0.5, 0.6) is 5.75 Å². The Labute approximate surface area is 126 Å². The molecule has 0 atom stereocenters. The SMILES string of the molecule is O=C(NCCCCCCI)c1cc(O)ccc1Cl. The second-order valence-electron chi connectivity index (χ2n) is 4.02. The molecule has 1 aromatic carbocycles. The first-order valence-electron chi connectivity index (χ1n) is 5.98. The summed E-state index contributed by atoms with van der Waals surface area (Å²) in [5, 5.41) is 12.5. The molecule has 0 aliphatic rings. The van der Waals surface area contributed by atoms with E-state index in [1.165, 1.54) is 35.5 Å². The standard InChI is InChI=1S/C13H17ClINO2/c14-12-6-5-10(17)9-11(12)13(18)16-8-4-2-1-3-7-15/h5-6,9,17H,1-4,7-8H2,(H,16,18). The van der Waals surface area contributed by atoms with Crippen LogP contribution in [0, 0.1) is 0 Å². The fourth-order valence-electron chi connectivity index (χ4n) is 1.56. The lowest BCUT2D eigenvalue weighted by Gasteiger charge is -2.07. The van der Waals surface area contributed by atoms with E-state index in [0.717, 1.165) is 12.8 Å². The number of phenolic OH excluding ortho intramolecular Hbond substituents is 1. The molecule has 100 valence electrons. The van der Waals surface area contributed by atoms with Crippen molar-refractivity contribution in [3.63, 3.8) is 0 Å². The Morgan fingerprint density at radius 3 is 2.72 bits per heavy atom. The first-order chi connectivity index (χ1) is 8.65. The molecule has 0 bridgehead atoms. The molecule has 0 spiro atoms. The highest BCUT2D eigenvalue weighted by Gasteiger charge is 2.10. The fourth-order valence-corrected chi connectivity index (χ4v) is 2.30. The van der Waals surface area contributed by atoms with Crippen molar-refractivity contribution in [1.82, 2.24) is 5.32 Å². The van der Waals surface area contributed by atoms with Gasteiger partial charge in [0.2, 0.25) is 0 Å². The van der Waals surface area contributed by atoms with Gasteiger partial charge in [0.25, 0.3) is 5.91 Å². The third kappa shape index (κ3) is 5.44. The van der Waals surface area contributed by atoms with E-state index in [9.17, 15) is 9.90 Å². The van der Waals surface area contributed by atoms with Gasteiger partial charge >= 0.3 is 0 Å². The summed E-state index contributed by atoms with van der Waals surface area (Å²) in [6.07, 6.45) is 4.52. The molecule has 0 saturated heterocycles. The maximum absolute atomic E-state index is 11.8. The zero-order valence-electron chi connectivity index (χ0n) is 10.1. The summed E-state index contributed by atoms with van der Waals surface area (Å²) in [6, 6.07) is 4.36. The van der Waals surface area contributed by atoms with Crippen molar-refractivity contribution in [1.29, 1.82) is 0 Å². The van der Waals surface area contributed by atoms with Crippen LogP contribution < -0.4 is 5.32 Å². The summed E-state index contributed by atoms with van der Waals surface area (Å²) in [6.45, 7) is 0.645. The quantitative estimate of drug-likeness (QED) is 0.429. The minimum atomic E-state index is -0.232. The molecule has 0 heterocycles. The van der Waals surface area contributed by atoms with Crippen LogP contribution in [0.3, 0.4) is 0 Å². The van der Waals surface area contributed by atoms with E-state index >= 15 is 0 Å². The number of carbonyl (C=O) groups excluding carboxylic acids is 1. The van der Waals surface area contributed by atoms with E-state index in [1.807, 2.05) is 0 Å². The zero-order valence-corrected chi connectivity index (χ0v) is 13.0. The van der Waals surface area contributed by atoms with Crippen molar-refractivity contribution in [3.8, 4) is 5.75 Å². The maximum atomic E-state index is 11.8. The average molecular weight is 382 g/mol. The number of phenols is 1. The number of halogens is 2. The predicted molar refractivity (Wildman–Crippen MR) is 82.8 cm³/mol. The average Bonchev–Trinajstić information content (AvgIpc) is 2.36. The second kappa shape index (κ2) is 8.58. The highest BCUT2D eigenvalue weighted by Crippen LogP contribution is 2.20. The van der Waals surface area contributed by atoms with Crippen LogP contribution in [0.4, 0.5) is 0 Å². The van der Waals surface area contributed by atoms with Crippen LogP contribution in [0.25, 0.3) is 0 Å². The van der Waals surface area contributed by atoms with Crippen molar-refractivity contribution in [2.75, 3.05) is 11.0 Å². The number of unbranched alkanes of at least 4 members (excludes halogenated alkanes) is 3. The second-order valence-corrected chi connectivity index (χ2v) is 5.51. The molecule has 0 aliphatic carbocycles. The van der Waals surface area contributed by atoms with Crippen LogP contribution in [-0.4, -0.2) is 22.0 Å². The van der Waals surface area contributed by atoms with Crippen molar-refractivity contribution in [2.45, 2.75) is 25.7 Å². The molecule has 2 N–H and O–H groups in total. The third-order valence-electron chi connectivity index (χ3n) is 2.54. The van der Waals surface area contributed by atoms with Gasteiger partial charge < -0.3 is 10.4 Å². The van der Waals surface area contributed by atoms with E-state index in [1.54, 1.807) is 0 Å². The van der Waals surface area contributed by atoms with Gasteiger partial charge in [0, 0.05) is 6.54 Å². The summed E-state index contributed by atoms with van der Waals surface area (Å²) in [5.74, 6) is -0.184. The van der Waals surface area contributed by atoms with Gasteiger partial charge in [-0.3, -0.25) is 4.79 Å². The third-order valence-corrected chi connectivity index (χ3v) is 3.63. The van der Waals surface area contributed by atoms with Crippen molar-refractivity contribution in [2.24, 2.45) is 0 Å². The van der Waals surface area contributed by atoms with Gasteiger partial charge in [-0.2, -0.15) is 0 Å². The summed E-state index contributed by atoms with van der Waals surface area (Å²) >= 11 is 8.26. The van der Waals surface area contributed by atoms with Crippen LogP contribution in [-0.2, 0) is 0 Å². The zero-order chi connectivity index (χ0) is 13.4. The minimum absolute atomic E-state index is 0.0478. The minimum Gasteiger partial charge on any atom is -0.508 e. The highest BCUT2D eigenvalue weighted by molar-refractivity contribution is 14.1. The summed E-state index contributed by atoms with van der Waals surface area (Å²) in [4.78, 5) is 11.8. The summed E-state index contributed by atoms with van der Waals surface area (Å²) < 4.78 is 1.18. The smallest absolute Gasteiger partial charge is 0.252 e. The molecule has 0 fully saturated rings. The molecule has 0 aromatic heterocycles. The number of aromatic hydroxyl groups is 1. The maximum Gasteiger partial charge on any atom is 0.252 e. The lowest BCUT2D eigenvalue weighted by Crippen LogP contribution is -2.24. The Kier molecular flexibility index (Phi) is 7.42. The van der Waals surface area contributed by atoms with Crippen LogP contribution in [0.2, 0.25) is 5.02 Å². The molecule has 0 radical (unpaired) electrons. The Bertz CT molecular complexity index is 399. The molecule has 0 saturated carbocycles. The summed E-state index contributed by atoms with van der Waals surface area (Å²) in [7, 11) is 0. The number of carbonyl (C=O) groups is 1. The van der Waals surface area contributed by atoms with E-state index in [0.29, 0.717) is 17.1 Å².